The highest BCUT2D eigenvalue weighted by molar-refractivity contribution is 7.47. The van der Waals surface area contributed by atoms with E-state index in [1.54, 1.807) is 0 Å². The monoisotopic (exact) mass is 887 g/mol. The molecular formula is C47H83O13P. The smallest absolute Gasteiger partial charge is 0.462 e. The van der Waals surface area contributed by atoms with Gasteiger partial charge in [-0.2, -0.15) is 0 Å². The summed E-state index contributed by atoms with van der Waals surface area (Å²) < 4.78 is 33.5. The standard InChI is InChI=1S/C47H83O13P/c1-3-5-7-9-11-13-15-17-18-19-20-21-22-24-26-28-30-32-34-36-41(49)59-39(38-58-61(55,56)60-47-45(53)43(51)42(50)44(52)46(47)54)37-57-40(48)35-33-31-29-27-25-23-16-14-12-10-8-6-4-2/h5,7,11,13,17-18,20-21,39,42-47,50-54H,3-4,6,8-10,12,14-16,19,22-38H2,1-2H3,(H,55,56)/b7-5-,13-11-,18-17-,21-20-. The molecule has 0 aromatic rings. The zero-order chi connectivity index (χ0) is 45.0. The van der Waals surface area contributed by atoms with Crippen LogP contribution in [0.5, 0.6) is 0 Å². The predicted octanol–water partition coefficient (Wildman–Crippen LogP) is 9.17. The van der Waals surface area contributed by atoms with Gasteiger partial charge in [-0.05, 0) is 51.4 Å². The Morgan fingerprint density at radius 1 is 0.525 bits per heavy atom. The molecule has 13 nitrogen and oxygen atoms in total. The van der Waals surface area contributed by atoms with Gasteiger partial charge in [-0.1, -0.05) is 165 Å². The Bertz CT molecular complexity index is 1250. The Morgan fingerprint density at radius 3 is 1.43 bits per heavy atom. The number of allylic oxidation sites excluding steroid dienone is 8. The quantitative estimate of drug-likeness (QED) is 0.0148. The van der Waals surface area contributed by atoms with Crippen LogP contribution in [0.25, 0.3) is 0 Å². The number of unbranched alkanes of at least 4 members (excludes halogenated alkanes) is 18. The zero-order valence-electron chi connectivity index (χ0n) is 37.4. The molecule has 6 atom stereocenters. The van der Waals surface area contributed by atoms with Crippen molar-refractivity contribution in [1.82, 2.24) is 0 Å². The molecule has 1 aliphatic carbocycles. The number of hydrogen-bond donors (Lipinski definition) is 6. The second-order valence-electron chi connectivity index (χ2n) is 16.2. The molecule has 0 heterocycles. The van der Waals surface area contributed by atoms with Crippen LogP contribution in [0.3, 0.4) is 0 Å². The van der Waals surface area contributed by atoms with Crippen molar-refractivity contribution in [2.75, 3.05) is 13.2 Å². The third kappa shape index (κ3) is 29.7. The summed E-state index contributed by atoms with van der Waals surface area (Å²) >= 11 is 0. The fraction of sp³-hybridized carbons (Fsp3) is 0.787. The van der Waals surface area contributed by atoms with Crippen molar-refractivity contribution in [2.24, 2.45) is 0 Å². The van der Waals surface area contributed by atoms with E-state index in [2.05, 4.69) is 62.5 Å². The van der Waals surface area contributed by atoms with Crippen molar-refractivity contribution in [3.63, 3.8) is 0 Å². The minimum atomic E-state index is -5.12. The van der Waals surface area contributed by atoms with E-state index >= 15 is 0 Å². The number of carbonyl (C=O) groups excluding carboxylic acids is 2. The number of esters is 2. The molecule has 6 N–H and O–H groups in total. The molecule has 0 amide bonds. The van der Waals surface area contributed by atoms with Crippen LogP contribution in [0.2, 0.25) is 0 Å². The number of hydrogen-bond acceptors (Lipinski definition) is 12. The number of ether oxygens (including phenoxy) is 2. The lowest BCUT2D eigenvalue weighted by molar-refractivity contribution is -0.220. The summed E-state index contributed by atoms with van der Waals surface area (Å²) in [7, 11) is -5.12. The second kappa shape index (κ2) is 37.2. The minimum Gasteiger partial charge on any atom is -0.462 e. The summed E-state index contributed by atoms with van der Waals surface area (Å²) in [5.74, 6) is -1.11. The van der Waals surface area contributed by atoms with E-state index in [0.29, 0.717) is 12.8 Å². The molecule has 1 rings (SSSR count). The molecule has 1 fully saturated rings. The van der Waals surface area contributed by atoms with Crippen LogP contribution in [-0.2, 0) is 32.7 Å². The lowest BCUT2D eigenvalue weighted by Gasteiger charge is -2.41. The SMILES string of the molecule is CC/C=C\C/C=C\C/C=C\C/C=C\CCCCCCCCC(=O)OC(COC(=O)CCCCCCCCCCCCCCC)COP(=O)(O)OC1C(O)C(O)C(O)C(O)C1O. The normalized spacial score (nSPS) is 22.4. The first kappa shape index (κ1) is 56.8. The average molecular weight is 887 g/mol. The topological polar surface area (TPSA) is 210 Å². The predicted molar refractivity (Wildman–Crippen MR) is 239 cm³/mol. The average Bonchev–Trinajstić information content (AvgIpc) is 3.24. The van der Waals surface area contributed by atoms with Crippen LogP contribution in [0, 0.1) is 0 Å². The zero-order valence-corrected chi connectivity index (χ0v) is 38.3. The Labute approximate surface area is 367 Å². The fourth-order valence-corrected chi connectivity index (χ4v) is 7.90. The van der Waals surface area contributed by atoms with Gasteiger partial charge >= 0.3 is 19.8 Å². The van der Waals surface area contributed by atoms with Crippen molar-refractivity contribution in [2.45, 2.75) is 224 Å². The van der Waals surface area contributed by atoms with Gasteiger partial charge in [0.1, 0.15) is 43.2 Å². The van der Waals surface area contributed by atoms with Crippen LogP contribution in [0.1, 0.15) is 181 Å². The number of phosphoric ester groups is 1. The minimum absolute atomic E-state index is 0.0806. The summed E-state index contributed by atoms with van der Waals surface area (Å²) in [5, 5.41) is 50.1. The molecule has 1 saturated carbocycles. The third-order valence-electron chi connectivity index (χ3n) is 10.7. The van der Waals surface area contributed by atoms with Gasteiger partial charge in [0, 0.05) is 12.8 Å². The van der Waals surface area contributed by atoms with E-state index < -0.39 is 75.7 Å². The Balaban J connectivity index is 2.46. The van der Waals surface area contributed by atoms with Gasteiger partial charge in [-0.25, -0.2) is 4.57 Å². The van der Waals surface area contributed by atoms with E-state index in [0.717, 1.165) is 83.5 Å². The number of rotatable bonds is 38. The first-order valence-electron chi connectivity index (χ1n) is 23.4. The largest absolute Gasteiger partial charge is 0.472 e. The molecule has 0 radical (unpaired) electrons. The van der Waals surface area contributed by atoms with Crippen LogP contribution < -0.4 is 0 Å². The van der Waals surface area contributed by atoms with Gasteiger partial charge in [0.05, 0.1) is 6.61 Å². The molecule has 0 spiro atoms. The molecule has 61 heavy (non-hydrogen) atoms. The summed E-state index contributed by atoms with van der Waals surface area (Å²) in [6.07, 6.45) is 30.2. The Morgan fingerprint density at radius 2 is 0.934 bits per heavy atom. The van der Waals surface area contributed by atoms with E-state index in [1.807, 2.05) is 0 Å². The second-order valence-corrected chi connectivity index (χ2v) is 17.6. The van der Waals surface area contributed by atoms with Crippen molar-refractivity contribution < 1.29 is 63.1 Å². The Hall–Kier alpha value is -2.19. The maximum absolute atomic E-state index is 12.8. The molecule has 0 bridgehead atoms. The first-order valence-corrected chi connectivity index (χ1v) is 24.9. The van der Waals surface area contributed by atoms with Gasteiger partial charge in [0.25, 0.3) is 0 Å². The summed E-state index contributed by atoms with van der Waals surface area (Å²) in [6.45, 7) is 3.17. The van der Waals surface area contributed by atoms with Crippen LogP contribution in [-0.4, -0.2) is 98.3 Å². The van der Waals surface area contributed by atoms with Crippen LogP contribution >= 0.6 is 7.82 Å². The number of aliphatic hydroxyl groups excluding tert-OH is 5. The van der Waals surface area contributed by atoms with Gasteiger partial charge in [-0.15, -0.1) is 0 Å². The van der Waals surface area contributed by atoms with Crippen LogP contribution in [0.4, 0.5) is 0 Å². The van der Waals surface area contributed by atoms with Gasteiger partial charge < -0.3 is 39.9 Å². The van der Waals surface area contributed by atoms with E-state index in [1.165, 1.54) is 57.8 Å². The summed E-state index contributed by atoms with van der Waals surface area (Å²) in [6, 6.07) is 0. The lowest BCUT2D eigenvalue weighted by Crippen LogP contribution is -2.64. The van der Waals surface area contributed by atoms with Crippen molar-refractivity contribution >= 4 is 19.8 Å². The fourth-order valence-electron chi connectivity index (χ4n) is 6.93. The maximum atomic E-state index is 12.8. The molecule has 0 saturated heterocycles. The van der Waals surface area contributed by atoms with E-state index in [-0.39, 0.29) is 12.8 Å². The van der Waals surface area contributed by atoms with E-state index in [9.17, 15) is 44.6 Å². The van der Waals surface area contributed by atoms with Crippen molar-refractivity contribution in [3.05, 3.63) is 48.6 Å². The number of carbonyl (C=O) groups is 2. The molecular weight excluding hydrogens is 803 g/mol. The van der Waals surface area contributed by atoms with Crippen LogP contribution in [0.15, 0.2) is 48.6 Å². The van der Waals surface area contributed by atoms with E-state index in [4.69, 9.17) is 18.5 Å². The van der Waals surface area contributed by atoms with Crippen molar-refractivity contribution in [1.29, 1.82) is 0 Å². The maximum Gasteiger partial charge on any atom is 0.472 e. The van der Waals surface area contributed by atoms with Crippen molar-refractivity contribution in [3.8, 4) is 0 Å². The summed E-state index contributed by atoms with van der Waals surface area (Å²) in [4.78, 5) is 35.7. The molecule has 0 aromatic heterocycles. The molecule has 0 aromatic carbocycles. The number of phosphoric acid groups is 1. The molecule has 6 unspecified atom stereocenters. The first-order chi connectivity index (χ1) is 29.4. The molecule has 354 valence electrons. The highest BCUT2D eigenvalue weighted by atomic mass is 31.2. The Kier molecular flexibility index (Phi) is 34.7. The van der Waals surface area contributed by atoms with Gasteiger partial charge in [0.2, 0.25) is 0 Å². The number of aliphatic hydroxyl groups is 5. The highest BCUT2D eigenvalue weighted by Gasteiger charge is 2.51. The molecule has 0 aliphatic heterocycles. The molecule has 14 heteroatoms. The lowest BCUT2D eigenvalue weighted by atomic mass is 9.85. The summed E-state index contributed by atoms with van der Waals surface area (Å²) in [5.41, 5.74) is 0. The highest BCUT2D eigenvalue weighted by Crippen LogP contribution is 2.47. The van der Waals surface area contributed by atoms with Gasteiger partial charge in [-0.3, -0.25) is 18.6 Å². The molecule has 1 aliphatic rings. The third-order valence-corrected chi connectivity index (χ3v) is 11.7. The van der Waals surface area contributed by atoms with Gasteiger partial charge in [0.15, 0.2) is 6.10 Å².